The standard InChI is InChI=1S/C25H18N4O/c30-25-24-18(5-3-6-19(24)16-10-12-26-13-11-16)15-27-29(25)23-14-20(23)22-9-8-17-4-1-2-7-21(17)28-22/h1-13,15,20,23H,14H2. The lowest BCUT2D eigenvalue weighted by Crippen LogP contribution is -2.22. The summed E-state index contributed by atoms with van der Waals surface area (Å²) in [4.78, 5) is 22.4. The molecule has 6 rings (SSSR count). The summed E-state index contributed by atoms with van der Waals surface area (Å²) < 4.78 is 1.65. The highest BCUT2D eigenvalue weighted by Crippen LogP contribution is 2.50. The van der Waals surface area contributed by atoms with E-state index in [2.05, 4.69) is 28.3 Å². The Morgan fingerprint density at radius 2 is 1.70 bits per heavy atom. The van der Waals surface area contributed by atoms with Crippen molar-refractivity contribution in [3.8, 4) is 11.1 Å². The van der Waals surface area contributed by atoms with Crippen LogP contribution in [-0.2, 0) is 0 Å². The summed E-state index contributed by atoms with van der Waals surface area (Å²) in [6.45, 7) is 0. The minimum atomic E-state index is -0.0480. The van der Waals surface area contributed by atoms with Crippen molar-refractivity contribution in [2.45, 2.75) is 18.4 Å². The third-order valence-electron chi connectivity index (χ3n) is 5.90. The predicted octanol–water partition coefficient (Wildman–Crippen LogP) is 4.74. The molecule has 2 aromatic carbocycles. The van der Waals surface area contributed by atoms with Crippen molar-refractivity contribution in [3.05, 3.63) is 101 Å². The second-order valence-electron chi connectivity index (χ2n) is 7.74. The Kier molecular flexibility index (Phi) is 3.74. The minimum absolute atomic E-state index is 0.0426. The van der Waals surface area contributed by atoms with Crippen molar-refractivity contribution >= 4 is 21.7 Å². The normalized spacial score (nSPS) is 18.0. The Labute approximate surface area is 172 Å². The second-order valence-corrected chi connectivity index (χ2v) is 7.74. The molecule has 144 valence electrons. The van der Waals surface area contributed by atoms with Gasteiger partial charge in [0.05, 0.1) is 23.1 Å². The molecular weight excluding hydrogens is 372 g/mol. The maximum Gasteiger partial charge on any atom is 0.275 e. The number of pyridine rings is 2. The molecule has 1 aliphatic carbocycles. The molecule has 0 bridgehead atoms. The lowest BCUT2D eigenvalue weighted by molar-refractivity contribution is 0.590. The van der Waals surface area contributed by atoms with Gasteiger partial charge in [-0.3, -0.25) is 14.8 Å². The van der Waals surface area contributed by atoms with E-state index in [1.165, 1.54) is 0 Å². The molecule has 1 fully saturated rings. The van der Waals surface area contributed by atoms with E-state index >= 15 is 0 Å². The third kappa shape index (κ3) is 2.70. The summed E-state index contributed by atoms with van der Waals surface area (Å²) >= 11 is 0. The van der Waals surface area contributed by atoms with Gasteiger partial charge in [0.15, 0.2) is 0 Å². The van der Waals surface area contributed by atoms with Crippen molar-refractivity contribution < 1.29 is 0 Å². The van der Waals surface area contributed by atoms with Crippen LogP contribution in [0, 0.1) is 0 Å². The van der Waals surface area contributed by atoms with Gasteiger partial charge in [-0.2, -0.15) is 5.10 Å². The predicted molar refractivity (Wildman–Crippen MR) is 117 cm³/mol. The van der Waals surface area contributed by atoms with Gasteiger partial charge >= 0.3 is 0 Å². The van der Waals surface area contributed by atoms with Crippen LogP contribution in [0.25, 0.3) is 32.8 Å². The van der Waals surface area contributed by atoms with E-state index in [9.17, 15) is 4.79 Å². The van der Waals surface area contributed by atoms with E-state index in [1.807, 2.05) is 48.5 Å². The maximum absolute atomic E-state index is 13.5. The zero-order chi connectivity index (χ0) is 20.1. The molecule has 5 heteroatoms. The largest absolute Gasteiger partial charge is 0.275 e. The monoisotopic (exact) mass is 390 g/mol. The van der Waals surface area contributed by atoms with Crippen LogP contribution in [-0.4, -0.2) is 19.7 Å². The fraction of sp³-hybridized carbons (Fsp3) is 0.120. The van der Waals surface area contributed by atoms with Crippen LogP contribution in [0.2, 0.25) is 0 Å². The number of para-hydroxylation sites is 1. The molecule has 0 radical (unpaired) electrons. The van der Waals surface area contributed by atoms with E-state index in [-0.39, 0.29) is 17.5 Å². The zero-order valence-electron chi connectivity index (χ0n) is 16.1. The Hall–Kier alpha value is -3.86. The Morgan fingerprint density at radius 3 is 2.60 bits per heavy atom. The van der Waals surface area contributed by atoms with Gasteiger partial charge in [0.1, 0.15) is 0 Å². The van der Waals surface area contributed by atoms with Crippen molar-refractivity contribution in [1.82, 2.24) is 19.7 Å². The molecule has 1 aliphatic rings. The van der Waals surface area contributed by atoms with Crippen LogP contribution >= 0.6 is 0 Å². The second kappa shape index (κ2) is 6.59. The minimum Gasteiger partial charge on any atom is -0.267 e. The smallest absolute Gasteiger partial charge is 0.267 e. The van der Waals surface area contributed by atoms with Crippen molar-refractivity contribution in [3.63, 3.8) is 0 Å². The molecule has 3 aromatic heterocycles. The first-order chi connectivity index (χ1) is 14.8. The fourth-order valence-corrected chi connectivity index (χ4v) is 4.27. The molecule has 1 saturated carbocycles. The number of fused-ring (bicyclic) bond motifs is 2. The van der Waals surface area contributed by atoms with E-state index in [0.29, 0.717) is 5.39 Å². The van der Waals surface area contributed by atoms with Gasteiger partial charge in [0.2, 0.25) is 0 Å². The van der Waals surface area contributed by atoms with Crippen LogP contribution in [0.15, 0.2) is 90.1 Å². The first-order valence-electron chi connectivity index (χ1n) is 10.1. The van der Waals surface area contributed by atoms with Gasteiger partial charge in [-0.25, -0.2) is 4.68 Å². The molecule has 3 heterocycles. The maximum atomic E-state index is 13.5. The van der Waals surface area contributed by atoms with Gasteiger partial charge in [0, 0.05) is 34.8 Å². The molecule has 0 N–H and O–H groups in total. The topological polar surface area (TPSA) is 60.7 Å². The summed E-state index contributed by atoms with van der Waals surface area (Å²) in [5.74, 6) is 0.213. The first-order valence-corrected chi connectivity index (χ1v) is 10.1. The van der Waals surface area contributed by atoms with Crippen LogP contribution in [0.4, 0.5) is 0 Å². The summed E-state index contributed by atoms with van der Waals surface area (Å²) in [7, 11) is 0. The molecule has 0 amide bonds. The number of nitrogens with zero attached hydrogens (tertiary/aromatic N) is 4. The molecule has 0 spiro atoms. The summed E-state index contributed by atoms with van der Waals surface area (Å²) in [6, 6.07) is 22.1. The average Bonchev–Trinajstić information content (AvgIpc) is 3.60. The molecule has 30 heavy (non-hydrogen) atoms. The average molecular weight is 390 g/mol. The Morgan fingerprint density at radius 1 is 0.867 bits per heavy atom. The number of benzene rings is 2. The summed E-state index contributed by atoms with van der Waals surface area (Å²) in [6.07, 6.45) is 6.16. The van der Waals surface area contributed by atoms with Crippen LogP contribution in [0.1, 0.15) is 24.1 Å². The molecule has 2 unspecified atom stereocenters. The van der Waals surface area contributed by atoms with E-state index in [0.717, 1.165) is 39.5 Å². The summed E-state index contributed by atoms with van der Waals surface area (Å²) in [5.41, 5.74) is 3.86. The third-order valence-corrected chi connectivity index (χ3v) is 5.90. The first kappa shape index (κ1) is 17.0. The van der Waals surface area contributed by atoms with Crippen molar-refractivity contribution in [2.24, 2.45) is 0 Å². The Balaban J connectivity index is 1.43. The van der Waals surface area contributed by atoms with Crippen LogP contribution in [0.3, 0.4) is 0 Å². The molecule has 0 saturated heterocycles. The van der Waals surface area contributed by atoms with Crippen LogP contribution < -0.4 is 5.56 Å². The van der Waals surface area contributed by atoms with Gasteiger partial charge in [-0.1, -0.05) is 42.5 Å². The van der Waals surface area contributed by atoms with Crippen LogP contribution in [0.5, 0.6) is 0 Å². The summed E-state index contributed by atoms with van der Waals surface area (Å²) in [5, 5.41) is 7.19. The van der Waals surface area contributed by atoms with Crippen molar-refractivity contribution in [2.75, 3.05) is 0 Å². The lowest BCUT2D eigenvalue weighted by Gasteiger charge is -2.10. The molecule has 2 atom stereocenters. The van der Waals surface area contributed by atoms with Gasteiger partial charge in [-0.15, -0.1) is 0 Å². The van der Waals surface area contributed by atoms with Crippen molar-refractivity contribution in [1.29, 1.82) is 0 Å². The molecule has 0 aliphatic heterocycles. The fourth-order valence-electron chi connectivity index (χ4n) is 4.27. The Bertz CT molecular complexity index is 1460. The molecular formula is C25H18N4O. The molecule has 5 nitrogen and oxygen atoms in total. The number of hydrogen-bond acceptors (Lipinski definition) is 4. The lowest BCUT2D eigenvalue weighted by atomic mass is 10.0. The highest BCUT2D eigenvalue weighted by Gasteiger charge is 2.42. The number of aromatic nitrogens is 4. The van der Waals surface area contributed by atoms with E-state index in [1.54, 1.807) is 23.3 Å². The van der Waals surface area contributed by atoms with E-state index in [4.69, 9.17) is 4.98 Å². The highest BCUT2D eigenvalue weighted by atomic mass is 16.1. The highest BCUT2D eigenvalue weighted by molar-refractivity contribution is 5.95. The van der Waals surface area contributed by atoms with Gasteiger partial charge in [0.25, 0.3) is 5.56 Å². The van der Waals surface area contributed by atoms with Gasteiger partial charge < -0.3 is 0 Å². The zero-order valence-corrected chi connectivity index (χ0v) is 16.1. The quantitative estimate of drug-likeness (QED) is 0.447. The van der Waals surface area contributed by atoms with Gasteiger partial charge in [-0.05, 0) is 41.8 Å². The van der Waals surface area contributed by atoms with E-state index < -0.39 is 0 Å². The molecule has 5 aromatic rings. The number of rotatable bonds is 3. The SMILES string of the molecule is O=c1c2c(-c3ccncc3)cccc2cnn1C1CC1c1ccc2ccccc2n1. The number of hydrogen-bond donors (Lipinski definition) is 0.